The van der Waals surface area contributed by atoms with E-state index in [0.717, 1.165) is 9.13 Å². The first-order valence-electron chi connectivity index (χ1n) is 11.6. The van der Waals surface area contributed by atoms with E-state index in [1.54, 1.807) is 18.2 Å². The quantitative estimate of drug-likeness (QED) is 0.280. The van der Waals surface area contributed by atoms with E-state index in [1.807, 2.05) is 0 Å². The summed E-state index contributed by atoms with van der Waals surface area (Å²) in [7, 11) is 5.81. The average molecular weight is 670 g/mol. The molecule has 0 atom stereocenters. The monoisotopic (exact) mass is 668 g/mol. The fourth-order valence-corrected chi connectivity index (χ4v) is 5.65. The Balaban J connectivity index is 1.99. The molecule has 40 heavy (non-hydrogen) atoms. The second-order valence-electron chi connectivity index (χ2n) is 9.05. The summed E-state index contributed by atoms with van der Waals surface area (Å²) in [4.78, 5) is 27.1. The number of hydrogen-bond acceptors (Lipinski definition) is 7. The maximum absolute atomic E-state index is 13.5. The lowest BCUT2D eigenvalue weighted by Gasteiger charge is -2.24. The molecule has 2 N–H and O–H groups in total. The van der Waals surface area contributed by atoms with Crippen LogP contribution in [0.15, 0.2) is 50.5 Å². The van der Waals surface area contributed by atoms with Gasteiger partial charge in [-0.15, -0.1) is 0 Å². The zero-order valence-corrected chi connectivity index (χ0v) is 25.6. The van der Waals surface area contributed by atoms with Gasteiger partial charge in [0.15, 0.2) is 15.3 Å². The molecule has 0 unspecified atom stereocenters. The molecular weight excluding hydrogens is 647 g/mol. The SMILES string of the molecule is Cn1c(O)c(C(c2cc(Cl)c(OCc3ccc(F)cc3)c(Br)c2)c2c(O)n(C)c(=S)n(C)c2=O)c(=O)n(C)c1=S. The van der Waals surface area contributed by atoms with Crippen molar-refractivity contribution in [2.24, 2.45) is 28.2 Å². The first kappa shape index (κ1) is 29.7. The molecule has 0 amide bonds. The van der Waals surface area contributed by atoms with Gasteiger partial charge in [0.1, 0.15) is 12.4 Å². The molecule has 0 radical (unpaired) electrons. The molecule has 0 aliphatic carbocycles. The van der Waals surface area contributed by atoms with Crippen LogP contribution in [0.3, 0.4) is 0 Å². The molecular formula is C26H23BrClFN4O5S2. The summed E-state index contributed by atoms with van der Waals surface area (Å²) in [5, 5.41) is 22.4. The third-order valence-electron chi connectivity index (χ3n) is 6.56. The lowest BCUT2D eigenvalue weighted by Crippen LogP contribution is -2.33. The van der Waals surface area contributed by atoms with Gasteiger partial charge in [0.05, 0.1) is 26.5 Å². The second kappa shape index (κ2) is 11.3. The highest BCUT2D eigenvalue weighted by molar-refractivity contribution is 9.10. The molecule has 4 rings (SSSR count). The number of ether oxygens (including phenoxy) is 1. The molecule has 210 valence electrons. The van der Waals surface area contributed by atoms with Crippen molar-refractivity contribution in [2.45, 2.75) is 12.5 Å². The molecule has 2 heterocycles. The summed E-state index contributed by atoms with van der Waals surface area (Å²) in [6.07, 6.45) is 0. The standard InChI is InChI=1S/C26H23BrClFN4O5S2/c1-30-21(34)18(22(35)31(2)25(30)39)17(19-23(36)32(3)26(40)33(4)24(19)37)13-9-15(27)20(16(28)10-13)38-11-12-5-7-14(29)8-6-12/h5-10,17,34,36H,11H2,1-4H3. The van der Waals surface area contributed by atoms with Crippen LogP contribution in [-0.4, -0.2) is 28.5 Å². The molecule has 0 bridgehead atoms. The van der Waals surface area contributed by atoms with Gasteiger partial charge in [-0.3, -0.25) is 27.9 Å². The van der Waals surface area contributed by atoms with Gasteiger partial charge in [0, 0.05) is 28.2 Å². The van der Waals surface area contributed by atoms with Crippen LogP contribution in [0, 0.1) is 15.4 Å². The van der Waals surface area contributed by atoms with Crippen LogP contribution >= 0.6 is 52.0 Å². The zero-order valence-electron chi connectivity index (χ0n) is 21.6. The summed E-state index contributed by atoms with van der Waals surface area (Å²) in [6, 6.07) is 8.81. The van der Waals surface area contributed by atoms with Crippen LogP contribution in [0.1, 0.15) is 28.2 Å². The van der Waals surface area contributed by atoms with E-state index in [0.29, 0.717) is 10.0 Å². The Hall–Kier alpha value is -3.26. The maximum Gasteiger partial charge on any atom is 0.262 e. The van der Waals surface area contributed by atoms with Gasteiger partial charge in [-0.05, 0) is 75.8 Å². The molecule has 0 saturated heterocycles. The van der Waals surface area contributed by atoms with Gasteiger partial charge in [-0.25, -0.2) is 4.39 Å². The van der Waals surface area contributed by atoms with Gasteiger partial charge in [-0.2, -0.15) is 0 Å². The van der Waals surface area contributed by atoms with Crippen molar-refractivity contribution in [1.29, 1.82) is 0 Å². The van der Waals surface area contributed by atoms with E-state index in [1.165, 1.54) is 55.5 Å². The highest BCUT2D eigenvalue weighted by Crippen LogP contribution is 2.42. The topological polar surface area (TPSA) is 104 Å². The molecule has 9 nitrogen and oxygen atoms in total. The molecule has 0 aliphatic rings. The van der Waals surface area contributed by atoms with E-state index in [2.05, 4.69) is 15.9 Å². The summed E-state index contributed by atoms with van der Waals surface area (Å²) >= 11 is 20.6. The number of halogens is 3. The minimum absolute atomic E-state index is 0.0392. The van der Waals surface area contributed by atoms with Crippen LogP contribution in [0.4, 0.5) is 4.39 Å². The molecule has 4 aromatic rings. The van der Waals surface area contributed by atoms with E-state index in [9.17, 15) is 24.2 Å². The number of hydrogen-bond donors (Lipinski definition) is 2. The van der Waals surface area contributed by atoms with Gasteiger partial charge in [0.2, 0.25) is 11.8 Å². The molecule has 0 saturated carbocycles. The number of aromatic nitrogens is 4. The van der Waals surface area contributed by atoms with Crippen molar-refractivity contribution in [1.82, 2.24) is 18.3 Å². The second-order valence-corrected chi connectivity index (χ2v) is 11.0. The average Bonchev–Trinajstić information content (AvgIpc) is 2.92. The Bertz CT molecular complexity index is 1790. The third kappa shape index (κ3) is 5.14. The third-order valence-corrected chi connectivity index (χ3v) is 8.53. The van der Waals surface area contributed by atoms with E-state index >= 15 is 0 Å². The van der Waals surface area contributed by atoms with Gasteiger partial charge in [0.25, 0.3) is 11.1 Å². The highest BCUT2D eigenvalue weighted by atomic mass is 79.9. The van der Waals surface area contributed by atoms with Crippen molar-refractivity contribution >= 4 is 52.0 Å². The number of nitrogens with zero attached hydrogens (tertiary/aromatic N) is 4. The van der Waals surface area contributed by atoms with Crippen molar-refractivity contribution in [2.75, 3.05) is 0 Å². The molecule has 14 heteroatoms. The van der Waals surface area contributed by atoms with Crippen molar-refractivity contribution in [3.63, 3.8) is 0 Å². The van der Waals surface area contributed by atoms with Crippen LogP contribution < -0.4 is 15.9 Å². The molecule has 2 aromatic carbocycles. The van der Waals surface area contributed by atoms with Crippen LogP contribution in [0.25, 0.3) is 0 Å². The molecule has 0 aliphatic heterocycles. The Morgan fingerprint density at radius 2 is 1.38 bits per heavy atom. The highest BCUT2D eigenvalue weighted by Gasteiger charge is 2.33. The fourth-order valence-electron chi connectivity index (χ4n) is 4.32. The van der Waals surface area contributed by atoms with Gasteiger partial charge < -0.3 is 14.9 Å². The normalized spacial score (nSPS) is 11.3. The summed E-state index contributed by atoms with van der Waals surface area (Å²) in [6.45, 7) is 0.0797. The van der Waals surface area contributed by atoms with E-state index in [4.69, 9.17) is 40.8 Å². The first-order valence-corrected chi connectivity index (χ1v) is 13.6. The Morgan fingerprint density at radius 3 is 1.82 bits per heavy atom. The van der Waals surface area contributed by atoms with E-state index in [-0.39, 0.29) is 49.4 Å². The predicted molar refractivity (Wildman–Crippen MR) is 157 cm³/mol. The van der Waals surface area contributed by atoms with Crippen molar-refractivity contribution in [3.05, 3.63) is 104 Å². The van der Waals surface area contributed by atoms with E-state index < -0.39 is 28.8 Å². The number of benzene rings is 2. The van der Waals surface area contributed by atoms with Crippen LogP contribution in [-0.2, 0) is 34.8 Å². The lowest BCUT2D eigenvalue weighted by atomic mass is 9.86. The minimum atomic E-state index is -1.30. The number of aromatic hydroxyl groups is 2. The zero-order chi connectivity index (χ0) is 29.6. The molecule has 2 aromatic heterocycles. The maximum atomic E-state index is 13.5. The largest absolute Gasteiger partial charge is 0.494 e. The Kier molecular flexibility index (Phi) is 8.41. The number of rotatable bonds is 6. The van der Waals surface area contributed by atoms with Gasteiger partial charge in [-0.1, -0.05) is 23.7 Å². The minimum Gasteiger partial charge on any atom is -0.494 e. The lowest BCUT2D eigenvalue weighted by molar-refractivity contribution is 0.304. The summed E-state index contributed by atoms with van der Waals surface area (Å²) in [5.41, 5.74) is -0.819. The Labute approximate surface area is 251 Å². The molecule has 0 spiro atoms. The van der Waals surface area contributed by atoms with Gasteiger partial charge >= 0.3 is 0 Å². The summed E-state index contributed by atoms with van der Waals surface area (Å²) < 4.78 is 24.3. The fraction of sp³-hybridized carbons (Fsp3) is 0.231. The van der Waals surface area contributed by atoms with Crippen molar-refractivity contribution < 1.29 is 19.3 Å². The molecule has 0 fully saturated rings. The van der Waals surface area contributed by atoms with Crippen LogP contribution in [0.5, 0.6) is 17.5 Å². The predicted octanol–water partition coefficient (Wildman–Crippen LogP) is 4.95. The smallest absolute Gasteiger partial charge is 0.262 e. The van der Waals surface area contributed by atoms with Crippen molar-refractivity contribution in [3.8, 4) is 17.5 Å². The Morgan fingerprint density at radius 1 is 0.900 bits per heavy atom. The summed E-state index contributed by atoms with van der Waals surface area (Å²) in [5.74, 6) is -2.42. The van der Waals surface area contributed by atoms with Crippen LogP contribution in [0.2, 0.25) is 5.02 Å². The first-order chi connectivity index (χ1) is 18.8.